The van der Waals surface area contributed by atoms with Gasteiger partial charge >= 0.3 is 6.18 Å². The molecule has 1 aromatic rings. The number of nitrogens with one attached hydrogen (secondary N) is 1. The van der Waals surface area contributed by atoms with Gasteiger partial charge in [0.1, 0.15) is 0 Å². The van der Waals surface area contributed by atoms with Crippen LogP contribution in [-0.2, 0) is 11.0 Å². The number of carbonyl (C=O) groups is 1. The molecule has 1 aromatic carbocycles. The van der Waals surface area contributed by atoms with Crippen molar-refractivity contribution in [3.63, 3.8) is 0 Å². The molecule has 2 unspecified atom stereocenters. The summed E-state index contributed by atoms with van der Waals surface area (Å²) >= 11 is 0. The van der Waals surface area contributed by atoms with Gasteiger partial charge in [0.2, 0.25) is 5.91 Å². The van der Waals surface area contributed by atoms with Crippen molar-refractivity contribution in [1.29, 1.82) is 0 Å². The van der Waals surface area contributed by atoms with Crippen LogP contribution in [0.4, 0.5) is 13.2 Å². The zero-order valence-electron chi connectivity index (χ0n) is 10.8. The maximum absolute atomic E-state index is 12.9. The van der Waals surface area contributed by atoms with Gasteiger partial charge < -0.3 is 5.32 Å². The number of hydrogen-bond donors (Lipinski definition) is 1. The first-order valence-electron chi connectivity index (χ1n) is 6.27. The van der Waals surface area contributed by atoms with Gasteiger partial charge in [-0.05, 0) is 37.8 Å². The first-order valence-corrected chi connectivity index (χ1v) is 6.27. The Morgan fingerprint density at radius 3 is 2.53 bits per heavy atom. The van der Waals surface area contributed by atoms with Gasteiger partial charge in [-0.15, -0.1) is 0 Å². The molecule has 0 bridgehead atoms. The van der Waals surface area contributed by atoms with E-state index >= 15 is 0 Å². The van der Waals surface area contributed by atoms with Crippen molar-refractivity contribution < 1.29 is 18.0 Å². The lowest BCUT2D eigenvalue weighted by Gasteiger charge is -2.13. The molecule has 0 aromatic heterocycles. The lowest BCUT2D eigenvalue weighted by atomic mass is 10.0. The van der Waals surface area contributed by atoms with Gasteiger partial charge in [-0.3, -0.25) is 4.79 Å². The number of carbonyl (C=O) groups excluding carboxylic acids is 1. The maximum atomic E-state index is 12.9. The zero-order valence-corrected chi connectivity index (χ0v) is 10.8. The summed E-state index contributed by atoms with van der Waals surface area (Å²) in [6.07, 6.45) is -3.87. The molecule has 0 aliphatic heterocycles. The minimum Gasteiger partial charge on any atom is -0.354 e. The van der Waals surface area contributed by atoms with Crippen LogP contribution in [0.1, 0.15) is 37.3 Å². The minimum absolute atomic E-state index is 0.00612. The normalized spacial score (nSPS) is 22.4. The highest BCUT2D eigenvalue weighted by atomic mass is 19.4. The molecule has 5 heteroatoms. The van der Waals surface area contributed by atoms with Crippen molar-refractivity contribution in [2.24, 2.45) is 5.92 Å². The van der Waals surface area contributed by atoms with E-state index in [0.29, 0.717) is 6.42 Å². The first-order chi connectivity index (χ1) is 8.80. The maximum Gasteiger partial charge on any atom is 0.416 e. The molecule has 2 atom stereocenters. The molecule has 19 heavy (non-hydrogen) atoms. The summed E-state index contributed by atoms with van der Waals surface area (Å²) in [5.41, 5.74) is -0.390. The van der Waals surface area contributed by atoms with E-state index in [1.54, 1.807) is 6.07 Å². The van der Waals surface area contributed by atoms with Crippen LogP contribution in [0.3, 0.4) is 0 Å². The van der Waals surface area contributed by atoms with Gasteiger partial charge in [0.25, 0.3) is 0 Å². The minimum atomic E-state index is -4.36. The Balaban J connectivity index is 2.16. The van der Waals surface area contributed by atoms with Crippen LogP contribution in [0.15, 0.2) is 24.3 Å². The van der Waals surface area contributed by atoms with Gasteiger partial charge in [0.05, 0.1) is 5.56 Å². The van der Waals surface area contributed by atoms with Crippen molar-refractivity contribution in [1.82, 2.24) is 5.32 Å². The van der Waals surface area contributed by atoms with E-state index in [-0.39, 0.29) is 29.3 Å². The zero-order chi connectivity index (χ0) is 14.2. The summed E-state index contributed by atoms with van der Waals surface area (Å²) in [7, 11) is 0. The summed E-state index contributed by atoms with van der Waals surface area (Å²) in [5.74, 6) is -0.792. The number of rotatable bonds is 3. The summed E-state index contributed by atoms with van der Waals surface area (Å²) in [6.45, 7) is 3.66. The molecule has 0 spiro atoms. The van der Waals surface area contributed by atoms with Crippen LogP contribution in [-0.4, -0.2) is 11.9 Å². The Kier molecular flexibility index (Phi) is 3.56. The molecule has 0 heterocycles. The smallest absolute Gasteiger partial charge is 0.354 e. The van der Waals surface area contributed by atoms with Crippen LogP contribution in [0, 0.1) is 5.92 Å². The highest BCUT2D eigenvalue weighted by Gasteiger charge is 2.47. The molecule has 1 aliphatic carbocycles. The van der Waals surface area contributed by atoms with E-state index in [4.69, 9.17) is 0 Å². The Morgan fingerprint density at radius 2 is 1.95 bits per heavy atom. The number of halogens is 3. The fourth-order valence-electron chi connectivity index (χ4n) is 2.30. The third-order valence-electron chi connectivity index (χ3n) is 3.22. The highest BCUT2D eigenvalue weighted by molar-refractivity contribution is 5.83. The fourth-order valence-corrected chi connectivity index (χ4v) is 2.30. The molecule has 0 radical (unpaired) electrons. The van der Waals surface area contributed by atoms with Crippen LogP contribution < -0.4 is 5.32 Å². The van der Waals surface area contributed by atoms with Gasteiger partial charge in [-0.1, -0.05) is 18.2 Å². The summed E-state index contributed by atoms with van der Waals surface area (Å²) in [4.78, 5) is 11.8. The predicted octanol–water partition coefficient (Wildman–Crippen LogP) is 3.33. The van der Waals surface area contributed by atoms with Gasteiger partial charge in [-0.2, -0.15) is 13.2 Å². The molecule has 2 rings (SSSR count). The topological polar surface area (TPSA) is 29.1 Å². The number of alkyl halides is 3. The van der Waals surface area contributed by atoms with Crippen molar-refractivity contribution in [3.05, 3.63) is 35.4 Å². The van der Waals surface area contributed by atoms with Crippen molar-refractivity contribution in [2.45, 2.75) is 38.4 Å². The quantitative estimate of drug-likeness (QED) is 0.897. The van der Waals surface area contributed by atoms with E-state index in [9.17, 15) is 18.0 Å². The molecule has 104 valence electrons. The second-order valence-electron chi connectivity index (χ2n) is 5.20. The van der Waals surface area contributed by atoms with Crippen LogP contribution >= 0.6 is 0 Å². The van der Waals surface area contributed by atoms with Crippen LogP contribution in [0.5, 0.6) is 0 Å². The second-order valence-corrected chi connectivity index (χ2v) is 5.20. The summed E-state index contributed by atoms with van der Waals surface area (Å²) < 4.78 is 38.6. The average Bonchev–Trinajstić information content (AvgIpc) is 3.06. The van der Waals surface area contributed by atoms with E-state index < -0.39 is 11.7 Å². The second kappa shape index (κ2) is 4.87. The SMILES string of the molecule is CC(C)NC(=O)C1CC1c1ccccc1C(F)(F)F. The average molecular weight is 271 g/mol. The van der Waals surface area contributed by atoms with Crippen molar-refractivity contribution >= 4 is 5.91 Å². The lowest BCUT2D eigenvalue weighted by Crippen LogP contribution is -2.31. The number of amides is 1. The molecule has 1 fully saturated rings. The molecular formula is C14H16F3NO. The number of hydrogen-bond acceptors (Lipinski definition) is 1. The largest absolute Gasteiger partial charge is 0.416 e. The molecular weight excluding hydrogens is 255 g/mol. The summed E-state index contributed by atoms with van der Waals surface area (Å²) in [6, 6.07) is 5.51. The Morgan fingerprint density at radius 1 is 1.32 bits per heavy atom. The molecule has 1 aliphatic rings. The van der Waals surface area contributed by atoms with Gasteiger partial charge in [0.15, 0.2) is 0 Å². The third kappa shape index (κ3) is 3.08. The first kappa shape index (κ1) is 13.9. The van der Waals surface area contributed by atoms with Gasteiger partial charge in [0, 0.05) is 12.0 Å². The molecule has 1 amide bonds. The third-order valence-corrected chi connectivity index (χ3v) is 3.22. The Bertz CT molecular complexity index is 482. The van der Waals surface area contributed by atoms with Gasteiger partial charge in [-0.25, -0.2) is 0 Å². The van der Waals surface area contributed by atoms with E-state index in [1.165, 1.54) is 12.1 Å². The molecule has 1 saturated carbocycles. The van der Waals surface area contributed by atoms with E-state index in [1.807, 2.05) is 13.8 Å². The Hall–Kier alpha value is -1.52. The Labute approximate surface area is 110 Å². The summed E-state index contributed by atoms with van der Waals surface area (Å²) in [5, 5.41) is 2.74. The highest BCUT2D eigenvalue weighted by Crippen LogP contribution is 2.51. The van der Waals surface area contributed by atoms with Crippen molar-refractivity contribution in [2.75, 3.05) is 0 Å². The predicted molar refractivity (Wildman–Crippen MR) is 65.6 cm³/mol. The van der Waals surface area contributed by atoms with Crippen LogP contribution in [0.25, 0.3) is 0 Å². The van der Waals surface area contributed by atoms with Crippen LogP contribution in [0.2, 0.25) is 0 Å². The van der Waals surface area contributed by atoms with E-state index in [2.05, 4.69) is 5.32 Å². The fraction of sp³-hybridized carbons (Fsp3) is 0.500. The monoisotopic (exact) mass is 271 g/mol. The standard InChI is InChI=1S/C14H16F3NO/c1-8(2)18-13(19)11-7-10(11)9-5-3-4-6-12(9)14(15,16)17/h3-6,8,10-11H,7H2,1-2H3,(H,18,19). The number of benzene rings is 1. The van der Waals surface area contributed by atoms with E-state index in [0.717, 1.165) is 6.07 Å². The van der Waals surface area contributed by atoms with Crippen molar-refractivity contribution in [3.8, 4) is 0 Å². The lowest BCUT2D eigenvalue weighted by molar-refractivity contribution is -0.138. The molecule has 2 nitrogen and oxygen atoms in total. The molecule has 1 N–H and O–H groups in total. The molecule has 0 saturated heterocycles.